The highest BCUT2D eigenvalue weighted by Gasteiger charge is 2.15. The van der Waals surface area contributed by atoms with Gasteiger partial charge in [-0.3, -0.25) is 4.79 Å². The molecule has 0 aliphatic heterocycles. The van der Waals surface area contributed by atoms with Crippen molar-refractivity contribution in [1.82, 2.24) is 5.32 Å². The molecule has 16 heavy (non-hydrogen) atoms. The van der Waals surface area contributed by atoms with Crippen LogP contribution in [0.5, 0.6) is 11.5 Å². The van der Waals surface area contributed by atoms with E-state index in [1.807, 2.05) is 6.92 Å². The maximum Gasteiger partial charge on any atom is 0.258 e. The molecule has 0 bridgehead atoms. The second-order valence-electron chi connectivity index (χ2n) is 3.72. The summed E-state index contributed by atoms with van der Waals surface area (Å²) >= 11 is 0. The van der Waals surface area contributed by atoms with E-state index in [0.29, 0.717) is 13.1 Å². The number of hydrogen-bond acceptors (Lipinski definition) is 4. The fourth-order valence-electron chi connectivity index (χ4n) is 1.20. The van der Waals surface area contributed by atoms with E-state index in [4.69, 9.17) is 5.73 Å². The van der Waals surface area contributed by atoms with Crippen molar-refractivity contribution in [2.24, 2.45) is 11.7 Å². The van der Waals surface area contributed by atoms with Gasteiger partial charge in [0.1, 0.15) is 17.1 Å². The van der Waals surface area contributed by atoms with E-state index in [2.05, 4.69) is 5.32 Å². The van der Waals surface area contributed by atoms with Crippen LogP contribution in [0, 0.1) is 5.92 Å². The Labute approximate surface area is 93.9 Å². The largest absolute Gasteiger partial charge is 0.507 e. The monoisotopic (exact) mass is 224 g/mol. The van der Waals surface area contributed by atoms with Crippen LogP contribution in [-0.4, -0.2) is 29.2 Å². The van der Waals surface area contributed by atoms with E-state index < -0.39 is 5.91 Å². The molecular weight excluding hydrogens is 208 g/mol. The number of carbonyl (C=O) groups excluding carboxylic acids is 1. The number of nitrogens with two attached hydrogens (primary N) is 1. The van der Waals surface area contributed by atoms with Crippen LogP contribution in [-0.2, 0) is 0 Å². The summed E-state index contributed by atoms with van der Waals surface area (Å²) in [7, 11) is 0. The number of carbonyl (C=O) groups is 1. The summed E-state index contributed by atoms with van der Waals surface area (Å²) in [5.74, 6) is -0.830. The summed E-state index contributed by atoms with van der Waals surface area (Å²) in [5.41, 5.74) is 5.30. The highest BCUT2D eigenvalue weighted by molar-refractivity contribution is 5.99. The summed E-state index contributed by atoms with van der Waals surface area (Å²) in [4.78, 5) is 11.6. The van der Waals surface area contributed by atoms with Gasteiger partial charge in [0, 0.05) is 6.54 Å². The average Bonchev–Trinajstić information content (AvgIpc) is 2.25. The van der Waals surface area contributed by atoms with E-state index >= 15 is 0 Å². The number of nitrogens with one attached hydrogen (secondary N) is 1. The van der Waals surface area contributed by atoms with Gasteiger partial charge in [-0.05, 0) is 24.6 Å². The van der Waals surface area contributed by atoms with Gasteiger partial charge >= 0.3 is 0 Å². The van der Waals surface area contributed by atoms with Crippen molar-refractivity contribution in [2.45, 2.75) is 6.92 Å². The zero-order chi connectivity index (χ0) is 12.1. The van der Waals surface area contributed by atoms with Crippen molar-refractivity contribution < 1.29 is 15.0 Å². The number of rotatable bonds is 4. The molecule has 0 spiro atoms. The lowest BCUT2D eigenvalue weighted by Gasteiger charge is -2.11. The Bertz CT molecular complexity index is 359. The molecule has 0 radical (unpaired) electrons. The molecule has 1 aromatic rings. The van der Waals surface area contributed by atoms with Crippen molar-refractivity contribution in [3.05, 3.63) is 23.8 Å². The minimum atomic E-state index is -0.504. The smallest absolute Gasteiger partial charge is 0.258 e. The van der Waals surface area contributed by atoms with Gasteiger partial charge in [-0.15, -0.1) is 0 Å². The second-order valence-corrected chi connectivity index (χ2v) is 3.72. The second kappa shape index (κ2) is 5.37. The van der Waals surface area contributed by atoms with Gasteiger partial charge < -0.3 is 21.3 Å². The highest BCUT2D eigenvalue weighted by atomic mass is 16.3. The van der Waals surface area contributed by atoms with E-state index in [-0.39, 0.29) is 23.0 Å². The Hall–Kier alpha value is -1.75. The van der Waals surface area contributed by atoms with Crippen molar-refractivity contribution in [3.63, 3.8) is 0 Å². The number of aromatic hydroxyl groups is 2. The number of phenols is 2. The third kappa shape index (κ3) is 2.87. The molecule has 0 saturated carbocycles. The third-order valence-electron chi connectivity index (χ3n) is 2.26. The summed E-state index contributed by atoms with van der Waals surface area (Å²) < 4.78 is 0. The molecular formula is C11H16N2O3. The van der Waals surface area contributed by atoms with Crippen LogP contribution in [0.1, 0.15) is 17.3 Å². The molecule has 1 atom stereocenters. The lowest BCUT2D eigenvalue weighted by atomic mass is 10.1. The Morgan fingerprint density at radius 1 is 1.44 bits per heavy atom. The van der Waals surface area contributed by atoms with Gasteiger partial charge in [-0.2, -0.15) is 0 Å². The third-order valence-corrected chi connectivity index (χ3v) is 2.26. The van der Waals surface area contributed by atoms with Crippen molar-refractivity contribution in [2.75, 3.05) is 13.1 Å². The first-order chi connectivity index (χ1) is 7.56. The molecule has 0 fully saturated rings. The zero-order valence-electron chi connectivity index (χ0n) is 9.10. The first-order valence-electron chi connectivity index (χ1n) is 5.05. The molecule has 1 rings (SSSR count). The highest BCUT2D eigenvalue weighted by Crippen LogP contribution is 2.25. The number of phenolic OH excluding ortho intramolecular Hbond substituents is 2. The summed E-state index contributed by atoms with van der Waals surface area (Å²) in [6, 6.07) is 4.16. The molecule has 0 heterocycles. The first kappa shape index (κ1) is 12.3. The molecule has 0 aliphatic rings. The predicted octanol–water partition coefficient (Wildman–Crippen LogP) is 0.422. The Kier molecular flexibility index (Phi) is 4.13. The van der Waals surface area contributed by atoms with Crippen LogP contribution in [0.15, 0.2) is 18.2 Å². The standard InChI is InChI=1S/C11H16N2O3/c1-7(5-12)6-13-11(16)10-8(14)3-2-4-9(10)15/h2-4,7,14-15H,5-6,12H2,1H3,(H,13,16). The number of amides is 1. The van der Waals surface area contributed by atoms with Crippen LogP contribution >= 0.6 is 0 Å². The maximum absolute atomic E-state index is 11.6. The lowest BCUT2D eigenvalue weighted by molar-refractivity contribution is 0.0943. The Balaban J connectivity index is 2.73. The fourth-order valence-corrected chi connectivity index (χ4v) is 1.20. The molecule has 1 aromatic carbocycles. The number of hydrogen-bond donors (Lipinski definition) is 4. The van der Waals surface area contributed by atoms with Gasteiger partial charge in [0.15, 0.2) is 0 Å². The molecule has 0 aromatic heterocycles. The summed E-state index contributed by atoms with van der Waals surface area (Å²) in [6.07, 6.45) is 0. The number of benzene rings is 1. The molecule has 1 unspecified atom stereocenters. The predicted molar refractivity (Wildman–Crippen MR) is 60.3 cm³/mol. The van der Waals surface area contributed by atoms with Crippen molar-refractivity contribution in [1.29, 1.82) is 0 Å². The lowest BCUT2D eigenvalue weighted by Crippen LogP contribution is -2.31. The summed E-state index contributed by atoms with van der Waals surface area (Å²) in [6.45, 7) is 2.77. The fraction of sp³-hybridized carbons (Fsp3) is 0.364. The van der Waals surface area contributed by atoms with E-state index in [0.717, 1.165) is 0 Å². The molecule has 1 amide bonds. The van der Waals surface area contributed by atoms with E-state index in [9.17, 15) is 15.0 Å². The minimum Gasteiger partial charge on any atom is -0.507 e. The van der Waals surface area contributed by atoms with Crippen molar-refractivity contribution >= 4 is 5.91 Å². The van der Waals surface area contributed by atoms with Gasteiger partial charge in [0.25, 0.3) is 5.91 Å². The summed E-state index contributed by atoms with van der Waals surface area (Å²) in [5, 5.41) is 21.5. The molecule has 0 saturated heterocycles. The van der Waals surface area contributed by atoms with Gasteiger partial charge in [0.2, 0.25) is 0 Å². The molecule has 5 nitrogen and oxygen atoms in total. The molecule has 88 valence electrons. The maximum atomic E-state index is 11.6. The average molecular weight is 224 g/mol. The quantitative estimate of drug-likeness (QED) is 0.596. The normalized spacial score (nSPS) is 12.1. The Morgan fingerprint density at radius 3 is 2.50 bits per heavy atom. The van der Waals surface area contributed by atoms with E-state index in [1.54, 1.807) is 0 Å². The van der Waals surface area contributed by atoms with Crippen LogP contribution in [0.3, 0.4) is 0 Å². The molecule has 0 aliphatic carbocycles. The molecule has 5 heteroatoms. The Morgan fingerprint density at radius 2 is 2.00 bits per heavy atom. The van der Waals surface area contributed by atoms with Gasteiger partial charge in [-0.1, -0.05) is 13.0 Å². The van der Waals surface area contributed by atoms with Gasteiger partial charge in [0.05, 0.1) is 0 Å². The topological polar surface area (TPSA) is 95.6 Å². The van der Waals surface area contributed by atoms with Crippen LogP contribution in [0.4, 0.5) is 0 Å². The van der Waals surface area contributed by atoms with Crippen molar-refractivity contribution in [3.8, 4) is 11.5 Å². The van der Waals surface area contributed by atoms with Gasteiger partial charge in [-0.25, -0.2) is 0 Å². The molecule has 5 N–H and O–H groups in total. The van der Waals surface area contributed by atoms with Crippen LogP contribution < -0.4 is 11.1 Å². The van der Waals surface area contributed by atoms with Crippen LogP contribution in [0.2, 0.25) is 0 Å². The van der Waals surface area contributed by atoms with Crippen LogP contribution in [0.25, 0.3) is 0 Å². The first-order valence-corrected chi connectivity index (χ1v) is 5.05. The minimum absolute atomic E-state index is 0.105. The zero-order valence-corrected chi connectivity index (χ0v) is 9.10. The van der Waals surface area contributed by atoms with E-state index in [1.165, 1.54) is 18.2 Å². The SMILES string of the molecule is CC(CN)CNC(=O)c1c(O)cccc1O.